The molecular formula is C10H8BrClN2. The second-order valence-electron chi connectivity index (χ2n) is 2.97. The summed E-state index contributed by atoms with van der Waals surface area (Å²) in [5.74, 6) is 0. The molecule has 2 rings (SSSR count). The summed E-state index contributed by atoms with van der Waals surface area (Å²) < 4.78 is 2.68. The number of halogens is 2. The summed E-state index contributed by atoms with van der Waals surface area (Å²) in [7, 11) is 0. The molecule has 0 N–H and O–H groups in total. The average Bonchev–Trinajstić information content (AvgIpc) is 2.46. The van der Waals surface area contributed by atoms with Crippen molar-refractivity contribution in [3.63, 3.8) is 0 Å². The van der Waals surface area contributed by atoms with E-state index in [-0.39, 0.29) is 0 Å². The summed E-state index contributed by atoms with van der Waals surface area (Å²) in [6, 6.07) is 9.56. The van der Waals surface area contributed by atoms with E-state index in [1.807, 2.05) is 37.3 Å². The van der Waals surface area contributed by atoms with Gasteiger partial charge in [-0.2, -0.15) is 5.10 Å². The number of hydrogen-bond donors (Lipinski definition) is 0. The van der Waals surface area contributed by atoms with Gasteiger partial charge in [-0.05, 0) is 41.1 Å². The van der Waals surface area contributed by atoms with Crippen LogP contribution in [0.25, 0.3) is 5.69 Å². The Hall–Kier alpha value is -0.800. The fraction of sp³-hybridized carbons (Fsp3) is 0.100. The maximum Gasteiger partial charge on any atom is 0.110 e. The molecule has 2 aromatic rings. The zero-order valence-electron chi connectivity index (χ0n) is 7.54. The minimum absolute atomic E-state index is 0.691. The summed E-state index contributed by atoms with van der Waals surface area (Å²) in [4.78, 5) is 0. The van der Waals surface area contributed by atoms with Crippen LogP contribution in [0.2, 0.25) is 5.02 Å². The van der Waals surface area contributed by atoms with Gasteiger partial charge >= 0.3 is 0 Å². The van der Waals surface area contributed by atoms with Crippen molar-refractivity contribution in [2.24, 2.45) is 0 Å². The Morgan fingerprint density at radius 1 is 1.36 bits per heavy atom. The number of hydrogen-bond acceptors (Lipinski definition) is 1. The number of nitrogens with zero attached hydrogens (tertiary/aromatic N) is 2. The molecule has 0 unspecified atom stereocenters. The molecule has 0 spiro atoms. The normalized spacial score (nSPS) is 10.5. The molecule has 1 aromatic carbocycles. The van der Waals surface area contributed by atoms with Gasteiger partial charge in [0.25, 0.3) is 0 Å². The lowest BCUT2D eigenvalue weighted by atomic mass is 10.3. The van der Waals surface area contributed by atoms with Gasteiger partial charge < -0.3 is 0 Å². The number of aromatic nitrogens is 2. The molecule has 72 valence electrons. The maximum atomic E-state index is 6.06. The van der Waals surface area contributed by atoms with E-state index in [9.17, 15) is 0 Å². The van der Waals surface area contributed by atoms with Gasteiger partial charge in [0.05, 0.1) is 16.4 Å². The van der Waals surface area contributed by atoms with Crippen molar-refractivity contribution in [1.82, 2.24) is 9.78 Å². The lowest BCUT2D eigenvalue weighted by molar-refractivity contribution is 0.846. The van der Waals surface area contributed by atoms with Crippen molar-refractivity contribution >= 4 is 27.5 Å². The van der Waals surface area contributed by atoms with E-state index in [0.717, 1.165) is 16.0 Å². The molecule has 1 heterocycles. The first-order valence-corrected chi connectivity index (χ1v) is 5.32. The number of aryl methyl sites for hydroxylation is 1. The van der Waals surface area contributed by atoms with E-state index >= 15 is 0 Å². The SMILES string of the molecule is Cc1cc(Br)n(-c2ccccc2Cl)n1. The first-order valence-electron chi connectivity index (χ1n) is 4.15. The lowest BCUT2D eigenvalue weighted by Gasteiger charge is -2.04. The van der Waals surface area contributed by atoms with Crippen molar-refractivity contribution in [2.45, 2.75) is 6.92 Å². The maximum absolute atomic E-state index is 6.06. The average molecular weight is 272 g/mol. The molecule has 0 fully saturated rings. The van der Waals surface area contributed by atoms with Gasteiger partial charge in [-0.25, -0.2) is 4.68 Å². The van der Waals surface area contributed by atoms with Crippen molar-refractivity contribution in [1.29, 1.82) is 0 Å². The third-order valence-corrected chi connectivity index (χ3v) is 2.75. The van der Waals surface area contributed by atoms with Crippen LogP contribution in [0.5, 0.6) is 0 Å². The number of para-hydroxylation sites is 1. The molecule has 0 bridgehead atoms. The summed E-state index contributed by atoms with van der Waals surface area (Å²) in [6.45, 7) is 1.94. The van der Waals surface area contributed by atoms with E-state index in [0.29, 0.717) is 5.02 Å². The number of rotatable bonds is 1. The Morgan fingerprint density at radius 3 is 2.64 bits per heavy atom. The van der Waals surface area contributed by atoms with Crippen LogP contribution in [0.4, 0.5) is 0 Å². The Bertz CT molecular complexity index is 465. The molecule has 2 nitrogen and oxygen atoms in total. The van der Waals surface area contributed by atoms with Gasteiger partial charge in [0.15, 0.2) is 0 Å². The highest BCUT2D eigenvalue weighted by molar-refractivity contribution is 9.10. The summed E-state index contributed by atoms with van der Waals surface area (Å²) in [5, 5.41) is 5.02. The van der Waals surface area contributed by atoms with Crippen LogP contribution in [-0.4, -0.2) is 9.78 Å². The molecule has 14 heavy (non-hydrogen) atoms. The predicted octanol–water partition coefficient (Wildman–Crippen LogP) is 3.60. The molecule has 0 aliphatic carbocycles. The molecule has 4 heteroatoms. The summed E-state index contributed by atoms with van der Waals surface area (Å²) in [6.07, 6.45) is 0. The first kappa shape index (κ1) is 9.74. The third-order valence-electron chi connectivity index (χ3n) is 1.87. The van der Waals surface area contributed by atoms with Gasteiger partial charge in [-0.15, -0.1) is 0 Å². The third kappa shape index (κ3) is 1.70. The standard InChI is InChI=1S/C10H8BrClN2/c1-7-6-10(11)14(13-7)9-5-3-2-4-8(9)12/h2-6H,1H3. The molecular weight excluding hydrogens is 263 g/mol. The van der Waals surface area contributed by atoms with E-state index in [1.165, 1.54) is 0 Å². The van der Waals surface area contributed by atoms with Gasteiger partial charge in [-0.3, -0.25) is 0 Å². The zero-order valence-corrected chi connectivity index (χ0v) is 9.88. The fourth-order valence-corrected chi connectivity index (χ4v) is 2.08. The van der Waals surface area contributed by atoms with Crippen molar-refractivity contribution in [3.05, 3.63) is 45.7 Å². The Balaban J connectivity index is 2.60. The van der Waals surface area contributed by atoms with Crippen LogP contribution in [0.15, 0.2) is 34.9 Å². The van der Waals surface area contributed by atoms with E-state index in [4.69, 9.17) is 11.6 Å². The van der Waals surface area contributed by atoms with Crippen LogP contribution in [0.1, 0.15) is 5.69 Å². The second-order valence-corrected chi connectivity index (χ2v) is 4.19. The molecule has 0 radical (unpaired) electrons. The molecule has 1 aromatic heterocycles. The minimum atomic E-state index is 0.691. The summed E-state index contributed by atoms with van der Waals surface area (Å²) >= 11 is 9.49. The van der Waals surface area contributed by atoms with E-state index < -0.39 is 0 Å². The van der Waals surface area contributed by atoms with Crippen LogP contribution in [0, 0.1) is 6.92 Å². The second kappa shape index (κ2) is 3.75. The minimum Gasteiger partial charge on any atom is -0.225 e. The Kier molecular flexibility index (Phi) is 2.61. The molecule has 0 atom stereocenters. The van der Waals surface area contributed by atoms with Crippen LogP contribution >= 0.6 is 27.5 Å². The van der Waals surface area contributed by atoms with Crippen LogP contribution < -0.4 is 0 Å². The molecule has 0 amide bonds. The van der Waals surface area contributed by atoms with Gasteiger partial charge in [0, 0.05) is 0 Å². The molecule has 0 saturated heterocycles. The monoisotopic (exact) mass is 270 g/mol. The van der Waals surface area contributed by atoms with Gasteiger partial charge in [0.1, 0.15) is 4.60 Å². The Labute approximate surface area is 95.6 Å². The van der Waals surface area contributed by atoms with Crippen LogP contribution in [-0.2, 0) is 0 Å². The van der Waals surface area contributed by atoms with Gasteiger partial charge in [-0.1, -0.05) is 23.7 Å². The number of benzene rings is 1. The fourth-order valence-electron chi connectivity index (χ4n) is 1.26. The molecule has 0 aliphatic rings. The van der Waals surface area contributed by atoms with E-state index in [2.05, 4.69) is 21.0 Å². The first-order chi connectivity index (χ1) is 6.68. The van der Waals surface area contributed by atoms with Crippen molar-refractivity contribution < 1.29 is 0 Å². The topological polar surface area (TPSA) is 17.8 Å². The highest BCUT2D eigenvalue weighted by atomic mass is 79.9. The van der Waals surface area contributed by atoms with Crippen LogP contribution in [0.3, 0.4) is 0 Å². The summed E-state index contributed by atoms with van der Waals surface area (Å²) in [5.41, 5.74) is 1.84. The zero-order chi connectivity index (χ0) is 10.1. The highest BCUT2D eigenvalue weighted by Gasteiger charge is 2.07. The van der Waals surface area contributed by atoms with E-state index in [1.54, 1.807) is 4.68 Å². The van der Waals surface area contributed by atoms with Crippen molar-refractivity contribution in [3.8, 4) is 5.69 Å². The molecule has 0 saturated carbocycles. The lowest BCUT2D eigenvalue weighted by Crippen LogP contribution is -1.97. The van der Waals surface area contributed by atoms with Crippen molar-refractivity contribution in [2.75, 3.05) is 0 Å². The Morgan fingerprint density at radius 2 is 2.07 bits per heavy atom. The quantitative estimate of drug-likeness (QED) is 0.775. The predicted molar refractivity (Wildman–Crippen MR) is 61.0 cm³/mol. The molecule has 0 aliphatic heterocycles. The highest BCUT2D eigenvalue weighted by Crippen LogP contribution is 2.23. The smallest absolute Gasteiger partial charge is 0.110 e. The van der Waals surface area contributed by atoms with Gasteiger partial charge in [0.2, 0.25) is 0 Å². The largest absolute Gasteiger partial charge is 0.225 e.